The van der Waals surface area contributed by atoms with E-state index in [1.54, 1.807) is 13.8 Å². The molecule has 1 aromatic heterocycles. The van der Waals surface area contributed by atoms with Gasteiger partial charge in [0.05, 0.1) is 30.2 Å². The van der Waals surface area contributed by atoms with E-state index in [0.717, 1.165) is 38.0 Å². The van der Waals surface area contributed by atoms with E-state index in [9.17, 15) is 8.42 Å². The maximum Gasteiger partial charge on any atom is 0.164 e. The van der Waals surface area contributed by atoms with Gasteiger partial charge in [0.2, 0.25) is 0 Å². The fourth-order valence-electron chi connectivity index (χ4n) is 3.66. The van der Waals surface area contributed by atoms with Gasteiger partial charge in [0.15, 0.2) is 9.84 Å². The number of ether oxygens (including phenoxy) is 1. The Hall–Kier alpha value is -1.21. The van der Waals surface area contributed by atoms with Crippen molar-refractivity contribution in [2.24, 2.45) is 0 Å². The predicted octanol–water partition coefficient (Wildman–Crippen LogP) is 2.29. The normalized spacial score (nSPS) is 23.6. The molecule has 2 heterocycles. The second-order valence-corrected chi connectivity index (χ2v) is 10.1. The first kappa shape index (κ1) is 17.6. The van der Waals surface area contributed by atoms with Crippen LogP contribution in [-0.2, 0) is 19.3 Å². The molecule has 0 amide bonds. The lowest BCUT2D eigenvalue weighted by Crippen LogP contribution is -2.44. The summed E-state index contributed by atoms with van der Waals surface area (Å²) in [5.41, 5.74) is 0.582. The van der Waals surface area contributed by atoms with Crippen LogP contribution in [0.5, 0.6) is 0 Å². The van der Waals surface area contributed by atoms with Gasteiger partial charge in [0, 0.05) is 12.6 Å². The molecule has 7 heteroatoms. The smallest absolute Gasteiger partial charge is 0.164 e. The molecule has 0 radical (unpaired) electrons. The lowest BCUT2D eigenvalue weighted by Gasteiger charge is -2.35. The molecule has 2 aliphatic rings. The second-order valence-electron chi connectivity index (χ2n) is 7.34. The molecule has 0 spiro atoms. The van der Waals surface area contributed by atoms with Crippen LogP contribution >= 0.6 is 0 Å². The Balaban J connectivity index is 1.92. The molecule has 0 N–H and O–H groups in total. The highest BCUT2D eigenvalue weighted by molar-refractivity contribution is 7.92. The Morgan fingerprint density at radius 2 is 1.96 bits per heavy atom. The van der Waals surface area contributed by atoms with Crippen LogP contribution in [0.25, 0.3) is 0 Å². The van der Waals surface area contributed by atoms with E-state index in [1.165, 1.54) is 6.33 Å². The summed E-state index contributed by atoms with van der Waals surface area (Å²) in [7, 11) is -3.29. The Bertz CT molecular complexity index is 684. The molecule has 1 aliphatic heterocycles. The highest BCUT2D eigenvalue weighted by Crippen LogP contribution is 2.38. The third-order valence-electron chi connectivity index (χ3n) is 5.38. The highest BCUT2D eigenvalue weighted by Gasteiger charge is 2.44. The molecule has 1 saturated carbocycles. The average Bonchev–Trinajstić information content (AvgIpc) is 3.10. The number of nitrogens with zero attached hydrogens (tertiary/aromatic N) is 3. The van der Waals surface area contributed by atoms with Gasteiger partial charge in [-0.15, -0.1) is 0 Å². The summed E-state index contributed by atoms with van der Waals surface area (Å²) >= 11 is 0. The predicted molar refractivity (Wildman–Crippen MR) is 93.9 cm³/mol. The van der Waals surface area contributed by atoms with Gasteiger partial charge in [0.1, 0.15) is 16.9 Å². The molecule has 0 unspecified atom stereocenters. The fourth-order valence-corrected chi connectivity index (χ4v) is 5.85. The van der Waals surface area contributed by atoms with Crippen LogP contribution < -0.4 is 4.90 Å². The van der Waals surface area contributed by atoms with Gasteiger partial charge >= 0.3 is 0 Å². The maximum atomic E-state index is 13.1. The van der Waals surface area contributed by atoms with Gasteiger partial charge in [-0.2, -0.15) is 0 Å². The Morgan fingerprint density at radius 1 is 1.25 bits per heavy atom. The van der Waals surface area contributed by atoms with Crippen LogP contribution in [0.1, 0.15) is 52.1 Å². The summed E-state index contributed by atoms with van der Waals surface area (Å²) in [6, 6.07) is 2.06. The van der Waals surface area contributed by atoms with Gasteiger partial charge in [0.25, 0.3) is 0 Å². The largest absolute Gasteiger partial charge is 0.377 e. The van der Waals surface area contributed by atoms with Crippen molar-refractivity contribution in [1.82, 2.24) is 9.97 Å². The van der Waals surface area contributed by atoms with E-state index in [2.05, 4.69) is 21.8 Å². The molecule has 134 valence electrons. The van der Waals surface area contributed by atoms with Crippen LogP contribution in [-0.4, -0.2) is 49.4 Å². The summed E-state index contributed by atoms with van der Waals surface area (Å²) in [4.78, 5) is 10.9. The van der Waals surface area contributed by atoms with Crippen molar-refractivity contribution in [3.05, 3.63) is 18.1 Å². The summed E-state index contributed by atoms with van der Waals surface area (Å²) in [5, 5.41) is -0.242. The molecule has 6 nitrogen and oxygen atoms in total. The number of hydrogen-bond acceptors (Lipinski definition) is 6. The van der Waals surface area contributed by atoms with Crippen molar-refractivity contribution in [3.8, 4) is 0 Å². The lowest BCUT2D eigenvalue weighted by atomic mass is 10.1. The first-order chi connectivity index (χ1) is 11.3. The van der Waals surface area contributed by atoms with Crippen LogP contribution in [0, 0.1) is 0 Å². The molecule has 1 aromatic rings. The minimum absolute atomic E-state index is 0.219. The van der Waals surface area contributed by atoms with Crippen molar-refractivity contribution in [2.75, 3.05) is 24.7 Å². The fraction of sp³-hybridized carbons (Fsp3) is 0.765. The molecule has 0 aromatic carbocycles. The van der Waals surface area contributed by atoms with Gasteiger partial charge in [-0.05, 0) is 33.6 Å². The number of sulfone groups is 1. The van der Waals surface area contributed by atoms with Crippen molar-refractivity contribution < 1.29 is 13.2 Å². The zero-order valence-corrected chi connectivity index (χ0v) is 15.6. The SMILES string of the molecule is C[C@H]1COCCN1c1cc(C(C)(C)S(=O)(=O)C2CCCC2)ncn1. The maximum absolute atomic E-state index is 13.1. The van der Waals surface area contributed by atoms with Crippen molar-refractivity contribution in [3.63, 3.8) is 0 Å². The molecule has 0 bridgehead atoms. The zero-order chi connectivity index (χ0) is 17.4. The molecule has 1 saturated heterocycles. The summed E-state index contributed by atoms with van der Waals surface area (Å²) in [5.74, 6) is 0.783. The zero-order valence-electron chi connectivity index (χ0n) is 14.7. The minimum Gasteiger partial charge on any atom is -0.377 e. The van der Waals surface area contributed by atoms with Gasteiger partial charge in [-0.3, -0.25) is 0 Å². The molecular weight excluding hydrogens is 326 g/mol. The van der Waals surface area contributed by atoms with Crippen LogP contribution in [0.3, 0.4) is 0 Å². The molecular formula is C17H27N3O3S. The van der Waals surface area contributed by atoms with E-state index in [1.807, 2.05) is 6.07 Å². The molecule has 1 aliphatic carbocycles. The Labute approximate surface area is 144 Å². The van der Waals surface area contributed by atoms with Gasteiger partial charge < -0.3 is 9.64 Å². The number of anilines is 1. The third kappa shape index (κ3) is 3.04. The highest BCUT2D eigenvalue weighted by atomic mass is 32.2. The number of aromatic nitrogens is 2. The van der Waals surface area contributed by atoms with E-state index in [0.29, 0.717) is 18.9 Å². The van der Waals surface area contributed by atoms with Crippen molar-refractivity contribution in [2.45, 2.75) is 62.5 Å². The minimum atomic E-state index is -3.29. The van der Waals surface area contributed by atoms with E-state index < -0.39 is 14.6 Å². The first-order valence-corrected chi connectivity index (χ1v) is 10.3. The van der Waals surface area contributed by atoms with Gasteiger partial charge in [-0.1, -0.05) is 12.8 Å². The first-order valence-electron chi connectivity index (χ1n) is 8.74. The summed E-state index contributed by atoms with van der Waals surface area (Å²) < 4.78 is 30.7. The summed E-state index contributed by atoms with van der Waals surface area (Å²) in [6.45, 7) is 7.70. The van der Waals surface area contributed by atoms with Gasteiger partial charge in [-0.25, -0.2) is 18.4 Å². The Kier molecular flexibility index (Phi) is 4.84. The van der Waals surface area contributed by atoms with E-state index in [-0.39, 0.29) is 11.3 Å². The molecule has 1 atom stereocenters. The quantitative estimate of drug-likeness (QED) is 0.827. The van der Waals surface area contributed by atoms with Crippen molar-refractivity contribution in [1.29, 1.82) is 0 Å². The van der Waals surface area contributed by atoms with E-state index >= 15 is 0 Å². The monoisotopic (exact) mass is 353 g/mol. The summed E-state index contributed by atoms with van der Waals surface area (Å²) in [6.07, 6.45) is 5.02. The van der Waals surface area contributed by atoms with Crippen LogP contribution in [0.4, 0.5) is 5.82 Å². The Morgan fingerprint density at radius 3 is 2.62 bits per heavy atom. The van der Waals surface area contributed by atoms with Crippen molar-refractivity contribution >= 4 is 15.7 Å². The van der Waals surface area contributed by atoms with E-state index in [4.69, 9.17) is 4.74 Å². The molecule has 24 heavy (non-hydrogen) atoms. The topological polar surface area (TPSA) is 72.4 Å². The lowest BCUT2D eigenvalue weighted by molar-refractivity contribution is 0.0985. The van der Waals surface area contributed by atoms with Crippen LogP contribution in [0.2, 0.25) is 0 Å². The average molecular weight is 353 g/mol. The molecule has 3 rings (SSSR count). The third-order valence-corrected chi connectivity index (χ3v) is 8.36. The van der Waals surface area contributed by atoms with Crippen LogP contribution in [0.15, 0.2) is 12.4 Å². The standard InChI is InChI=1S/C17H27N3O3S/c1-13-11-23-9-8-20(13)16-10-15(18-12-19-16)17(2,3)24(21,22)14-6-4-5-7-14/h10,12-14H,4-9,11H2,1-3H3/t13-/m0/s1. The number of rotatable bonds is 4. The second kappa shape index (κ2) is 6.59. The number of hydrogen-bond donors (Lipinski definition) is 0. The molecule has 2 fully saturated rings. The number of morpholine rings is 1.